The lowest BCUT2D eigenvalue weighted by atomic mass is 9.30. The van der Waals surface area contributed by atoms with Gasteiger partial charge in [-0.1, -0.05) is 176 Å². The molecule has 0 atom stereocenters. The Hall–Kier alpha value is -6.75. The number of nitriles is 2. The minimum absolute atomic E-state index is 0.0938. The van der Waals surface area contributed by atoms with E-state index in [9.17, 15) is 10.5 Å². The van der Waals surface area contributed by atoms with E-state index in [-0.39, 0.29) is 35.1 Å². The average molecular weight is 939 g/mol. The Kier molecular flexibility index (Phi) is 10.2. The molecule has 0 N–H and O–H groups in total. The maximum absolute atomic E-state index is 12.5. The third kappa shape index (κ3) is 6.70. The van der Waals surface area contributed by atoms with Gasteiger partial charge in [-0.25, -0.2) is 0 Å². The molecule has 2 aromatic heterocycles. The Morgan fingerprint density at radius 3 is 0.972 bits per heavy atom. The molecule has 7 aromatic carbocycles. The number of rotatable bonds is 2. The summed E-state index contributed by atoms with van der Waals surface area (Å²) in [6.45, 7) is 40.2. The molecule has 0 spiro atoms. The first kappa shape index (κ1) is 47.6. The summed E-state index contributed by atoms with van der Waals surface area (Å²) in [5, 5.41) is 29.8. The maximum Gasteiger partial charge on any atom is 0.249 e. The van der Waals surface area contributed by atoms with Gasteiger partial charge in [0.1, 0.15) is 12.1 Å². The summed E-state index contributed by atoms with van der Waals surface area (Å²) in [6.07, 6.45) is 0. The van der Waals surface area contributed by atoms with Crippen LogP contribution in [0.5, 0.6) is 0 Å². The highest BCUT2D eigenvalue weighted by Crippen LogP contribution is 2.44. The lowest BCUT2D eigenvalue weighted by molar-refractivity contribution is 0.590. The molecule has 6 heteroatoms. The number of aromatic nitrogens is 2. The maximum atomic E-state index is 12.5. The van der Waals surface area contributed by atoms with Crippen LogP contribution in [-0.2, 0) is 21.7 Å². The van der Waals surface area contributed by atoms with Crippen molar-refractivity contribution in [2.24, 2.45) is 0 Å². The topological polar surface area (TPSA) is 57.4 Å². The van der Waals surface area contributed by atoms with Gasteiger partial charge in [-0.05, 0) is 144 Å². The van der Waals surface area contributed by atoms with Crippen molar-refractivity contribution in [3.05, 3.63) is 152 Å². The molecule has 2 aliphatic heterocycles. The van der Waals surface area contributed by atoms with Crippen molar-refractivity contribution in [3.63, 3.8) is 0 Å². The largest absolute Gasteiger partial charge is 0.309 e. The van der Waals surface area contributed by atoms with E-state index in [2.05, 4.69) is 231 Å². The van der Waals surface area contributed by atoms with E-state index >= 15 is 0 Å². The van der Waals surface area contributed by atoms with Gasteiger partial charge in [0.05, 0.1) is 33.5 Å². The van der Waals surface area contributed by atoms with Gasteiger partial charge in [0.2, 0.25) is 13.4 Å². The number of fused-ring (bicyclic) bond motifs is 10. The van der Waals surface area contributed by atoms with Crippen LogP contribution in [-0.4, -0.2) is 22.6 Å². The van der Waals surface area contributed by atoms with Crippen LogP contribution < -0.4 is 32.8 Å². The number of hydrogen-bond acceptors (Lipinski definition) is 2. The van der Waals surface area contributed by atoms with Gasteiger partial charge in [-0.2, -0.15) is 10.5 Å². The fraction of sp³-hybridized carbons (Fsp3) is 0.333. The molecule has 0 saturated heterocycles. The third-order valence-electron chi connectivity index (χ3n) is 16.7. The van der Waals surface area contributed by atoms with E-state index in [1.807, 2.05) is 0 Å². The second-order valence-corrected chi connectivity index (χ2v) is 26.0. The van der Waals surface area contributed by atoms with Gasteiger partial charge in [0.15, 0.2) is 0 Å². The standard InChI is InChI=1S/C66H68B2N4/c1-35-23-37(3)55(38(4)24-35)67-51-31-43(65(13,14)15)29-47-45-27-41(63(7,8)9)19-21-53(45)71(59(47)51)61-50(34-70)58-62(49(33-69)57(61)67)72-54-22-20-42(64(10,11)12)28-46(54)48-30-44(66(16,17)18)32-52(60(48)72)68(58)56-39(5)25-36(2)26-40(56)6/h19-32H,1-18H3. The molecule has 4 nitrogen and oxygen atoms in total. The van der Waals surface area contributed by atoms with Gasteiger partial charge < -0.3 is 9.13 Å². The Morgan fingerprint density at radius 2 is 0.681 bits per heavy atom. The highest BCUT2D eigenvalue weighted by Gasteiger charge is 2.47. The SMILES string of the molecule is Cc1cc(C)c(B2c3c(C#N)c4c(c(C#N)c3-n3c5ccc(C(C)(C)C)cc5c5cc(C(C)(C)C)cc2c53)B(c2c(C)cc(C)cc2C)c2cc(C(C)(C)C)cc3c5cc(C(C)(C)C)ccc5n-4c23)c(C)c1. The zero-order chi connectivity index (χ0) is 51.8. The molecule has 0 radical (unpaired) electrons. The average Bonchev–Trinajstić information content (AvgIpc) is 3.78. The first-order valence-electron chi connectivity index (χ1n) is 26.1. The molecule has 0 aliphatic carbocycles. The van der Waals surface area contributed by atoms with Crippen molar-refractivity contribution in [2.75, 3.05) is 0 Å². The van der Waals surface area contributed by atoms with E-state index in [1.165, 1.54) is 99.0 Å². The van der Waals surface area contributed by atoms with Crippen molar-refractivity contribution >= 4 is 89.8 Å². The van der Waals surface area contributed by atoms with Gasteiger partial charge in [0.25, 0.3) is 0 Å². The second kappa shape index (κ2) is 15.4. The molecule has 0 saturated carbocycles. The molecule has 72 heavy (non-hydrogen) atoms. The van der Waals surface area contributed by atoms with Crippen LogP contribution in [0, 0.1) is 64.2 Å². The smallest absolute Gasteiger partial charge is 0.249 e. The van der Waals surface area contributed by atoms with E-state index in [1.54, 1.807) is 0 Å². The minimum Gasteiger partial charge on any atom is -0.309 e. The minimum atomic E-state index is -0.355. The molecule has 0 amide bonds. The quantitative estimate of drug-likeness (QED) is 0.162. The predicted molar refractivity (Wildman–Crippen MR) is 310 cm³/mol. The summed E-state index contributed by atoms with van der Waals surface area (Å²) in [5.74, 6) is 0. The molecule has 11 rings (SSSR count). The van der Waals surface area contributed by atoms with Crippen molar-refractivity contribution in [1.29, 1.82) is 10.5 Å². The Bertz CT molecular complexity index is 3690. The van der Waals surface area contributed by atoms with E-state index < -0.39 is 0 Å². The third-order valence-corrected chi connectivity index (χ3v) is 16.7. The molecule has 9 aromatic rings. The van der Waals surface area contributed by atoms with Crippen LogP contribution in [0.4, 0.5) is 0 Å². The van der Waals surface area contributed by atoms with E-state index in [0.717, 1.165) is 44.4 Å². The number of hydrogen-bond donors (Lipinski definition) is 0. The molecular formula is C66H68B2N4. The van der Waals surface area contributed by atoms with Crippen molar-refractivity contribution in [1.82, 2.24) is 9.13 Å². The Labute approximate surface area is 428 Å². The van der Waals surface area contributed by atoms with Gasteiger partial charge in [-0.15, -0.1) is 0 Å². The van der Waals surface area contributed by atoms with Gasteiger partial charge >= 0.3 is 0 Å². The molecule has 4 heterocycles. The van der Waals surface area contributed by atoms with Crippen LogP contribution >= 0.6 is 0 Å². The second-order valence-electron chi connectivity index (χ2n) is 26.0. The van der Waals surface area contributed by atoms with Gasteiger partial charge in [0, 0.05) is 32.6 Å². The molecular weight excluding hydrogens is 870 g/mol. The molecule has 358 valence electrons. The van der Waals surface area contributed by atoms with Crippen LogP contribution in [0.25, 0.3) is 55.0 Å². The first-order valence-corrected chi connectivity index (χ1v) is 26.1. The summed E-state index contributed by atoms with van der Waals surface area (Å²) in [7, 11) is 0. The van der Waals surface area contributed by atoms with Crippen LogP contribution in [0.3, 0.4) is 0 Å². The van der Waals surface area contributed by atoms with Gasteiger partial charge in [-0.3, -0.25) is 0 Å². The van der Waals surface area contributed by atoms with Crippen LogP contribution in [0.15, 0.2) is 84.9 Å². The highest BCUT2D eigenvalue weighted by atomic mass is 15.0. The van der Waals surface area contributed by atoms with Crippen molar-refractivity contribution in [2.45, 2.75) is 146 Å². The highest BCUT2D eigenvalue weighted by molar-refractivity contribution is 7.01. The van der Waals surface area contributed by atoms with Crippen molar-refractivity contribution in [3.8, 4) is 23.5 Å². The monoisotopic (exact) mass is 939 g/mol. The Morgan fingerprint density at radius 1 is 0.375 bits per heavy atom. The molecule has 0 bridgehead atoms. The Balaban J connectivity index is 1.46. The number of nitrogens with zero attached hydrogens (tertiary/aromatic N) is 4. The molecule has 0 unspecified atom stereocenters. The molecule has 0 fully saturated rings. The summed E-state index contributed by atoms with van der Waals surface area (Å²) in [4.78, 5) is 0. The number of aryl methyl sites for hydroxylation is 6. The number of benzene rings is 7. The summed E-state index contributed by atoms with van der Waals surface area (Å²) in [5.41, 5.74) is 25.5. The van der Waals surface area contributed by atoms with Crippen molar-refractivity contribution < 1.29 is 0 Å². The first-order chi connectivity index (χ1) is 33.6. The van der Waals surface area contributed by atoms with Crippen LogP contribution in [0.1, 0.15) is 150 Å². The fourth-order valence-corrected chi connectivity index (χ4v) is 13.3. The fourth-order valence-electron chi connectivity index (χ4n) is 13.3. The molecule has 2 aliphatic rings. The lowest BCUT2D eigenvalue weighted by Gasteiger charge is -2.37. The summed E-state index contributed by atoms with van der Waals surface area (Å²) in [6, 6.07) is 39.0. The summed E-state index contributed by atoms with van der Waals surface area (Å²) >= 11 is 0. The predicted octanol–water partition coefficient (Wildman–Crippen LogP) is 12.3. The van der Waals surface area contributed by atoms with E-state index in [0.29, 0.717) is 11.1 Å². The zero-order valence-corrected chi connectivity index (χ0v) is 46.0. The normalized spacial score (nSPS) is 13.6. The van der Waals surface area contributed by atoms with Crippen LogP contribution in [0.2, 0.25) is 0 Å². The lowest BCUT2D eigenvalue weighted by Crippen LogP contribution is -2.63. The van der Waals surface area contributed by atoms with E-state index in [4.69, 9.17) is 0 Å². The summed E-state index contributed by atoms with van der Waals surface area (Å²) < 4.78 is 4.85. The zero-order valence-electron chi connectivity index (χ0n) is 46.0.